The minimum absolute atomic E-state index is 0.0491. The van der Waals surface area contributed by atoms with Crippen LogP contribution in [-0.4, -0.2) is 21.6 Å². The molecule has 3 rings (SSSR count). The third kappa shape index (κ3) is 2.63. The first-order chi connectivity index (χ1) is 10.7. The molecular formula is C18H15NO3. The molecule has 2 aromatic carbocycles. The van der Waals surface area contributed by atoms with Crippen molar-refractivity contribution in [3.63, 3.8) is 0 Å². The zero-order valence-electron chi connectivity index (χ0n) is 11.9. The number of para-hydroxylation sites is 1. The minimum Gasteiger partial charge on any atom is -0.481 e. The summed E-state index contributed by atoms with van der Waals surface area (Å²) < 4.78 is 1.60. The van der Waals surface area contributed by atoms with Gasteiger partial charge in [-0.05, 0) is 30.2 Å². The molecular weight excluding hydrogens is 278 g/mol. The lowest BCUT2D eigenvalue weighted by atomic mass is 10.1. The minimum atomic E-state index is -0.841. The second-order valence-electron chi connectivity index (χ2n) is 5.11. The summed E-state index contributed by atoms with van der Waals surface area (Å²) in [5, 5.41) is 9.79. The molecule has 4 heteroatoms. The van der Waals surface area contributed by atoms with Gasteiger partial charge in [-0.2, -0.15) is 0 Å². The molecule has 0 unspecified atom stereocenters. The molecule has 3 aromatic rings. The molecule has 4 nitrogen and oxygen atoms in total. The Morgan fingerprint density at radius 2 is 1.64 bits per heavy atom. The summed E-state index contributed by atoms with van der Waals surface area (Å²) in [7, 11) is 0. The molecule has 0 radical (unpaired) electrons. The van der Waals surface area contributed by atoms with Crippen LogP contribution >= 0.6 is 0 Å². The number of benzene rings is 2. The highest BCUT2D eigenvalue weighted by Crippen LogP contribution is 2.23. The van der Waals surface area contributed by atoms with Crippen molar-refractivity contribution in [2.75, 3.05) is 0 Å². The second kappa shape index (κ2) is 5.85. The van der Waals surface area contributed by atoms with Crippen LogP contribution < -0.4 is 0 Å². The molecule has 22 heavy (non-hydrogen) atoms. The molecule has 1 heterocycles. The molecule has 110 valence electrons. The predicted molar refractivity (Wildman–Crippen MR) is 84.1 cm³/mol. The van der Waals surface area contributed by atoms with Gasteiger partial charge < -0.3 is 5.11 Å². The number of aromatic nitrogens is 1. The Labute approximate surface area is 127 Å². The maximum Gasteiger partial charge on any atom is 0.303 e. The number of rotatable bonds is 4. The normalized spacial score (nSPS) is 10.7. The molecule has 0 aliphatic carbocycles. The van der Waals surface area contributed by atoms with E-state index in [0.29, 0.717) is 12.0 Å². The Hall–Kier alpha value is -2.88. The van der Waals surface area contributed by atoms with E-state index in [1.54, 1.807) is 22.9 Å². The molecule has 1 aromatic heterocycles. The summed E-state index contributed by atoms with van der Waals surface area (Å²) in [5.41, 5.74) is 2.28. The largest absolute Gasteiger partial charge is 0.481 e. The molecule has 0 aliphatic heterocycles. The van der Waals surface area contributed by atoms with E-state index in [-0.39, 0.29) is 12.3 Å². The van der Waals surface area contributed by atoms with Gasteiger partial charge >= 0.3 is 5.97 Å². The Bertz CT molecular complexity index is 834. The van der Waals surface area contributed by atoms with Crippen molar-refractivity contribution < 1.29 is 14.7 Å². The van der Waals surface area contributed by atoms with Crippen LogP contribution in [0.25, 0.3) is 10.9 Å². The molecule has 1 N–H and O–H groups in total. The summed E-state index contributed by atoms with van der Waals surface area (Å²) in [5.74, 6) is -0.954. The number of fused-ring (bicyclic) bond motifs is 1. The molecule has 0 spiro atoms. The fraction of sp³-hybridized carbons (Fsp3) is 0.111. The summed E-state index contributed by atoms with van der Waals surface area (Å²) in [6, 6.07) is 16.6. The van der Waals surface area contributed by atoms with E-state index < -0.39 is 5.97 Å². The van der Waals surface area contributed by atoms with Crippen molar-refractivity contribution in [2.24, 2.45) is 0 Å². The van der Waals surface area contributed by atoms with Crippen molar-refractivity contribution in [3.05, 3.63) is 71.9 Å². The highest BCUT2D eigenvalue weighted by Gasteiger charge is 2.15. The summed E-state index contributed by atoms with van der Waals surface area (Å²) >= 11 is 0. The van der Waals surface area contributed by atoms with Gasteiger partial charge in [-0.1, -0.05) is 36.4 Å². The average Bonchev–Trinajstić information content (AvgIpc) is 2.92. The standard InChI is InChI=1S/C18H15NO3/c20-17(21)11-10-14-12-19(16-9-5-4-8-15(14)16)18(22)13-6-2-1-3-7-13/h1-9,12H,10-11H2,(H,20,21). The van der Waals surface area contributed by atoms with Gasteiger partial charge in [0.15, 0.2) is 0 Å². The van der Waals surface area contributed by atoms with Crippen molar-refractivity contribution >= 4 is 22.8 Å². The number of hydrogen-bond donors (Lipinski definition) is 1. The number of aliphatic carboxylic acids is 1. The highest BCUT2D eigenvalue weighted by atomic mass is 16.4. The van der Waals surface area contributed by atoms with E-state index in [1.165, 1.54) is 0 Å². The lowest BCUT2D eigenvalue weighted by Gasteiger charge is -2.03. The van der Waals surface area contributed by atoms with Crippen LogP contribution in [0.5, 0.6) is 0 Å². The lowest BCUT2D eigenvalue weighted by molar-refractivity contribution is -0.136. The van der Waals surface area contributed by atoms with Crippen LogP contribution in [0.3, 0.4) is 0 Å². The summed E-state index contributed by atoms with van der Waals surface area (Å²) in [6.07, 6.45) is 2.21. The van der Waals surface area contributed by atoms with Gasteiger partial charge in [-0.3, -0.25) is 14.2 Å². The first kappa shape index (κ1) is 14.1. The Balaban J connectivity index is 2.06. The molecule has 0 atom stereocenters. The Kier molecular flexibility index (Phi) is 3.74. The van der Waals surface area contributed by atoms with Crippen molar-refractivity contribution in [1.29, 1.82) is 0 Å². The van der Waals surface area contributed by atoms with Crippen LogP contribution in [0.15, 0.2) is 60.8 Å². The van der Waals surface area contributed by atoms with Crippen LogP contribution in [-0.2, 0) is 11.2 Å². The highest BCUT2D eigenvalue weighted by molar-refractivity contribution is 6.03. The first-order valence-electron chi connectivity index (χ1n) is 7.07. The number of carboxylic acid groups (broad SMARTS) is 1. The molecule has 0 amide bonds. The zero-order chi connectivity index (χ0) is 15.5. The van der Waals surface area contributed by atoms with E-state index in [1.807, 2.05) is 42.5 Å². The number of hydrogen-bond acceptors (Lipinski definition) is 2. The average molecular weight is 293 g/mol. The number of carbonyl (C=O) groups excluding carboxylic acids is 1. The van der Waals surface area contributed by atoms with Gasteiger partial charge in [0.25, 0.3) is 5.91 Å². The molecule has 0 bridgehead atoms. The third-order valence-corrected chi connectivity index (χ3v) is 3.64. The number of aryl methyl sites for hydroxylation is 1. The van der Waals surface area contributed by atoms with Crippen LogP contribution in [0, 0.1) is 0 Å². The molecule has 0 fully saturated rings. The SMILES string of the molecule is O=C(O)CCc1cn(C(=O)c2ccccc2)c2ccccc12. The third-order valence-electron chi connectivity index (χ3n) is 3.64. The summed E-state index contributed by atoms with van der Waals surface area (Å²) in [4.78, 5) is 23.5. The second-order valence-corrected chi connectivity index (χ2v) is 5.11. The number of carboxylic acids is 1. The van der Waals surface area contributed by atoms with E-state index in [2.05, 4.69) is 0 Å². The van der Waals surface area contributed by atoms with Crippen molar-refractivity contribution in [1.82, 2.24) is 4.57 Å². The van der Waals surface area contributed by atoms with Gasteiger partial charge in [0, 0.05) is 23.6 Å². The van der Waals surface area contributed by atoms with E-state index in [0.717, 1.165) is 16.5 Å². The Morgan fingerprint density at radius 3 is 2.36 bits per heavy atom. The number of carbonyl (C=O) groups is 2. The lowest BCUT2D eigenvalue weighted by Crippen LogP contribution is -2.10. The van der Waals surface area contributed by atoms with Gasteiger partial charge in [0.2, 0.25) is 0 Å². The smallest absolute Gasteiger partial charge is 0.303 e. The quantitative estimate of drug-likeness (QED) is 0.802. The zero-order valence-corrected chi connectivity index (χ0v) is 11.9. The maximum absolute atomic E-state index is 12.7. The fourth-order valence-electron chi connectivity index (χ4n) is 2.58. The van der Waals surface area contributed by atoms with E-state index >= 15 is 0 Å². The molecule has 0 saturated carbocycles. The maximum atomic E-state index is 12.7. The molecule has 0 saturated heterocycles. The monoisotopic (exact) mass is 293 g/mol. The van der Waals surface area contributed by atoms with Crippen LogP contribution in [0.1, 0.15) is 22.3 Å². The fourth-order valence-corrected chi connectivity index (χ4v) is 2.58. The van der Waals surface area contributed by atoms with E-state index in [9.17, 15) is 9.59 Å². The van der Waals surface area contributed by atoms with Gasteiger partial charge in [-0.25, -0.2) is 0 Å². The predicted octanol–water partition coefficient (Wildman–Crippen LogP) is 3.35. The van der Waals surface area contributed by atoms with Crippen LogP contribution in [0.4, 0.5) is 0 Å². The van der Waals surface area contributed by atoms with Crippen molar-refractivity contribution in [2.45, 2.75) is 12.8 Å². The van der Waals surface area contributed by atoms with Crippen molar-refractivity contribution in [3.8, 4) is 0 Å². The van der Waals surface area contributed by atoms with Gasteiger partial charge in [0.05, 0.1) is 5.52 Å². The topological polar surface area (TPSA) is 59.3 Å². The Morgan fingerprint density at radius 1 is 0.955 bits per heavy atom. The summed E-state index contributed by atoms with van der Waals surface area (Å²) in [6.45, 7) is 0. The first-order valence-corrected chi connectivity index (χ1v) is 7.07. The number of nitrogens with zero attached hydrogens (tertiary/aromatic N) is 1. The van der Waals surface area contributed by atoms with Gasteiger partial charge in [0.1, 0.15) is 0 Å². The molecule has 0 aliphatic rings. The van der Waals surface area contributed by atoms with Crippen LogP contribution in [0.2, 0.25) is 0 Å². The van der Waals surface area contributed by atoms with E-state index in [4.69, 9.17) is 5.11 Å². The van der Waals surface area contributed by atoms with Gasteiger partial charge in [-0.15, -0.1) is 0 Å².